The van der Waals surface area contributed by atoms with Crippen LogP contribution in [0, 0.1) is 12.7 Å². The Bertz CT molecular complexity index is 546. The lowest BCUT2D eigenvalue weighted by molar-refractivity contribution is 0.625. The fourth-order valence-electron chi connectivity index (χ4n) is 1.99. The number of nitrogens with one attached hydrogen (secondary N) is 1. The van der Waals surface area contributed by atoms with E-state index in [4.69, 9.17) is 0 Å². The molecule has 0 bridgehead atoms. The Labute approximate surface area is 107 Å². The van der Waals surface area contributed by atoms with Gasteiger partial charge in [0.1, 0.15) is 5.82 Å². The van der Waals surface area contributed by atoms with Crippen LogP contribution in [0.2, 0.25) is 0 Å². The Morgan fingerprint density at radius 3 is 2.83 bits per heavy atom. The molecule has 0 aliphatic carbocycles. The second-order valence-electron chi connectivity index (χ2n) is 4.44. The van der Waals surface area contributed by atoms with E-state index in [1.54, 1.807) is 10.7 Å². The van der Waals surface area contributed by atoms with Crippen molar-refractivity contribution in [3.05, 3.63) is 47.0 Å². The first-order valence-corrected chi connectivity index (χ1v) is 6.11. The average Bonchev–Trinajstić information content (AvgIpc) is 2.68. The number of aromatic nitrogens is 2. The zero-order valence-electron chi connectivity index (χ0n) is 11.0. The number of rotatable bonds is 4. The van der Waals surface area contributed by atoms with Crippen LogP contribution in [0.5, 0.6) is 0 Å². The van der Waals surface area contributed by atoms with E-state index in [0.29, 0.717) is 6.54 Å². The quantitative estimate of drug-likeness (QED) is 0.900. The van der Waals surface area contributed by atoms with Crippen molar-refractivity contribution < 1.29 is 4.39 Å². The number of anilines is 1. The van der Waals surface area contributed by atoms with Gasteiger partial charge >= 0.3 is 0 Å². The largest absolute Gasteiger partial charge is 0.378 e. The lowest BCUT2D eigenvalue weighted by atomic mass is 10.1. The summed E-state index contributed by atoms with van der Waals surface area (Å²) >= 11 is 0. The van der Waals surface area contributed by atoms with Gasteiger partial charge in [-0.1, -0.05) is 13.0 Å². The van der Waals surface area contributed by atoms with Gasteiger partial charge in [0.2, 0.25) is 0 Å². The van der Waals surface area contributed by atoms with Crippen molar-refractivity contribution >= 4 is 5.69 Å². The summed E-state index contributed by atoms with van der Waals surface area (Å²) in [6.45, 7) is 4.69. The van der Waals surface area contributed by atoms with Gasteiger partial charge in [0.15, 0.2) is 0 Å². The summed E-state index contributed by atoms with van der Waals surface area (Å²) in [4.78, 5) is 0. The molecule has 2 aromatic rings. The number of nitrogens with zero attached hydrogens (tertiary/aromatic N) is 2. The van der Waals surface area contributed by atoms with E-state index in [1.807, 2.05) is 26.2 Å². The van der Waals surface area contributed by atoms with Crippen molar-refractivity contribution in [2.45, 2.75) is 26.8 Å². The van der Waals surface area contributed by atoms with Crippen LogP contribution in [0.4, 0.5) is 10.1 Å². The first-order valence-electron chi connectivity index (χ1n) is 6.11. The molecule has 0 aliphatic rings. The van der Waals surface area contributed by atoms with Crippen molar-refractivity contribution in [3.8, 4) is 0 Å². The zero-order valence-corrected chi connectivity index (χ0v) is 11.0. The Kier molecular flexibility index (Phi) is 3.65. The first kappa shape index (κ1) is 12.6. The molecule has 0 aliphatic heterocycles. The highest BCUT2D eigenvalue weighted by atomic mass is 19.1. The average molecular weight is 247 g/mol. The van der Waals surface area contributed by atoms with Crippen LogP contribution in [-0.2, 0) is 20.0 Å². The van der Waals surface area contributed by atoms with E-state index < -0.39 is 0 Å². The van der Waals surface area contributed by atoms with Crippen LogP contribution in [0.15, 0.2) is 24.4 Å². The SMILES string of the molecule is CCc1nn(C)cc1NCc1ccc(F)cc1C. The molecule has 0 atom stereocenters. The monoisotopic (exact) mass is 247 g/mol. The standard InChI is InChI=1S/C14H18FN3/c1-4-13-14(9-18(3)17-13)16-8-11-5-6-12(15)7-10(11)2/h5-7,9,16H,4,8H2,1-3H3. The molecule has 0 fully saturated rings. The fourth-order valence-corrected chi connectivity index (χ4v) is 1.99. The molecule has 0 radical (unpaired) electrons. The summed E-state index contributed by atoms with van der Waals surface area (Å²) in [5, 5.41) is 7.73. The highest BCUT2D eigenvalue weighted by Gasteiger charge is 2.06. The minimum Gasteiger partial charge on any atom is -0.378 e. The van der Waals surface area contributed by atoms with E-state index in [0.717, 1.165) is 28.9 Å². The van der Waals surface area contributed by atoms with Crippen LogP contribution < -0.4 is 5.32 Å². The summed E-state index contributed by atoms with van der Waals surface area (Å²) in [6, 6.07) is 4.87. The molecule has 0 amide bonds. The van der Waals surface area contributed by atoms with E-state index in [2.05, 4.69) is 17.3 Å². The molecule has 0 saturated carbocycles. The number of benzene rings is 1. The minimum absolute atomic E-state index is 0.188. The number of aryl methyl sites for hydroxylation is 3. The molecular weight excluding hydrogens is 229 g/mol. The molecule has 2 rings (SSSR count). The zero-order chi connectivity index (χ0) is 13.1. The molecule has 96 valence electrons. The van der Waals surface area contributed by atoms with Gasteiger partial charge in [0, 0.05) is 19.8 Å². The Balaban J connectivity index is 2.11. The topological polar surface area (TPSA) is 29.9 Å². The van der Waals surface area contributed by atoms with Crippen LogP contribution in [0.3, 0.4) is 0 Å². The minimum atomic E-state index is -0.188. The van der Waals surface area contributed by atoms with Crippen molar-refractivity contribution in [2.24, 2.45) is 7.05 Å². The summed E-state index contributed by atoms with van der Waals surface area (Å²) in [7, 11) is 1.91. The van der Waals surface area contributed by atoms with Crippen LogP contribution in [0.1, 0.15) is 23.7 Å². The van der Waals surface area contributed by atoms with Crippen molar-refractivity contribution in [1.29, 1.82) is 0 Å². The summed E-state index contributed by atoms with van der Waals surface area (Å²) in [5.74, 6) is -0.188. The lowest BCUT2D eigenvalue weighted by Gasteiger charge is -2.08. The third kappa shape index (κ3) is 2.70. The number of hydrogen-bond donors (Lipinski definition) is 1. The first-order chi connectivity index (χ1) is 8.60. The van der Waals surface area contributed by atoms with E-state index in [9.17, 15) is 4.39 Å². The molecule has 18 heavy (non-hydrogen) atoms. The molecular formula is C14H18FN3. The van der Waals surface area contributed by atoms with Crippen molar-refractivity contribution in [2.75, 3.05) is 5.32 Å². The van der Waals surface area contributed by atoms with Crippen LogP contribution >= 0.6 is 0 Å². The summed E-state index contributed by atoms with van der Waals surface area (Å²) < 4.78 is 14.8. The second kappa shape index (κ2) is 5.21. The van der Waals surface area contributed by atoms with Gasteiger partial charge in [-0.15, -0.1) is 0 Å². The van der Waals surface area contributed by atoms with Gasteiger partial charge < -0.3 is 5.32 Å². The van der Waals surface area contributed by atoms with Crippen LogP contribution in [-0.4, -0.2) is 9.78 Å². The van der Waals surface area contributed by atoms with E-state index >= 15 is 0 Å². The highest BCUT2D eigenvalue weighted by Crippen LogP contribution is 2.17. The molecule has 1 aromatic carbocycles. The maximum Gasteiger partial charge on any atom is 0.123 e. The van der Waals surface area contributed by atoms with Crippen LogP contribution in [0.25, 0.3) is 0 Å². The van der Waals surface area contributed by atoms with E-state index in [-0.39, 0.29) is 5.82 Å². The molecule has 0 spiro atoms. The van der Waals surface area contributed by atoms with Crippen molar-refractivity contribution in [1.82, 2.24) is 9.78 Å². The predicted octanol–water partition coefficient (Wildman–Crippen LogP) is 3.04. The van der Waals surface area contributed by atoms with Gasteiger partial charge in [-0.25, -0.2) is 4.39 Å². The molecule has 1 heterocycles. The van der Waals surface area contributed by atoms with Gasteiger partial charge in [-0.3, -0.25) is 4.68 Å². The molecule has 3 nitrogen and oxygen atoms in total. The number of halogens is 1. The molecule has 1 N–H and O–H groups in total. The third-order valence-corrected chi connectivity index (χ3v) is 3.01. The maximum absolute atomic E-state index is 13.0. The maximum atomic E-state index is 13.0. The number of hydrogen-bond acceptors (Lipinski definition) is 2. The lowest BCUT2D eigenvalue weighted by Crippen LogP contribution is -2.02. The molecule has 4 heteroatoms. The van der Waals surface area contributed by atoms with E-state index in [1.165, 1.54) is 6.07 Å². The second-order valence-corrected chi connectivity index (χ2v) is 4.44. The van der Waals surface area contributed by atoms with Gasteiger partial charge in [-0.2, -0.15) is 5.10 Å². The summed E-state index contributed by atoms with van der Waals surface area (Å²) in [5.41, 5.74) is 4.16. The molecule has 1 aromatic heterocycles. The fraction of sp³-hybridized carbons (Fsp3) is 0.357. The Morgan fingerprint density at radius 2 is 2.17 bits per heavy atom. The Hall–Kier alpha value is -1.84. The highest BCUT2D eigenvalue weighted by molar-refractivity contribution is 5.47. The summed E-state index contributed by atoms with van der Waals surface area (Å²) in [6.07, 6.45) is 2.86. The smallest absolute Gasteiger partial charge is 0.123 e. The molecule has 0 unspecified atom stereocenters. The third-order valence-electron chi connectivity index (χ3n) is 3.01. The van der Waals surface area contributed by atoms with Crippen molar-refractivity contribution in [3.63, 3.8) is 0 Å². The van der Waals surface area contributed by atoms with Gasteiger partial charge in [0.25, 0.3) is 0 Å². The molecule has 0 saturated heterocycles. The normalized spacial score (nSPS) is 10.7. The van der Waals surface area contributed by atoms with Gasteiger partial charge in [-0.05, 0) is 36.6 Å². The van der Waals surface area contributed by atoms with Gasteiger partial charge in [0.05, 0.1) is 11.4 Å². The predicted molar refractivity (Wildman–Crippen MR) is 71.0 cm³/mol. The Morgan fingerprint density at radius 1 is 1.39 bits per heavy atom.